The summed E-state index contributed by atoms with van der Waals surface area (Å²) in [5.41, 5.74) is 1.80. The third kappa shape index (κ3) is 2.68. The Morgan fingerprint density at radius 3 is 2.76 bits per heavy atom. The van der Waals surface area contributed by atoms with E-state index >= 15 is 0 Å². The molecule has 21 heavy (non-hydrogen) atoms. The Labute approximate surface area is 123 Å². The van der Waals surface area contributed by atoms with Gasteiger partial charge in [0, 0.05) is 28.2 Å². The molecule has 0 fully saturated rings. The molecule has 0 radical (unpaired) electrons. The van der Waals surface area contributed by atoms with E-state index < -0.39 is 0 Å². The van der Waals surface area contributed by atoms with Crippen LogP contribution in [0.15, 0.2) is 29.1 Å². The molecule has 2 N–H and O–H groups in total. The second-order valence-corrected chi connectivity index (χ2v) is 5.84. The number of carbonyl (C=O) groups is 1. The molecule has 2 aromatic heterocycles. The zero-order valence-corrected chi connectivity index (χ0v) is 12.2. The minimum Gasteiger partial charge on any atom is -0.358 e. The minimum atomic E-state index is -0.312. The number of fused-ring (bicyclic) bond motifs is 1. The molecule has 6 nitrogen and oxygen atoms in total. The lowest BCUT2D eigenvalue weighted by atomic mass is 10.1. The third-order valence-electron chi connectivity index (χ3n) is 2.97. The van der Waals surface area contributed by atoms with Gasteiger partial charge in [0.2, 0.25) is 5.13 Å². The summed E-state index contributed by atoms with van der Waals surface area (Å²) in [5, 5.41) is 12.0. The van der Waals surface area contributed by atoms with Crippen LogP contribution in [0.1, 0.15) is 21.1 Å². The Kier molecular flexibility index (Phi) is 3.26. The normalized spacial score (nSPS) is 10.8. The van der Waals surface area contributed by atoms with Crippen molar-refractivity contribution in [1.29, 1.82) is 0 Å². The van der Waals surface area contributed by atoms with Crippen molar-refractivity contribution in [3.8, 4) is 0 Å². The standard InChI is InChI=1S/C14H12N4O2S/c1-7-5-12(19)10-6-9(3-4-11(10)15-7)13(20)16-14-18-17-8(2)21-14/h3-6H,1-2H3,(H,15,19)(H,16,18,20). The highest BCUT2D eigenvalue weighted by atomic mass is 32.1. The van der Waals surface area contributed by atoms with Crippen LogP contribution in [0.2, 0.25) is 0 Å². The van der Waals surface area contributed by atoms with Gasteiger partial charge in [0.05, 0.1) is 0 Å². The molecule has 3 rings (SSSR count). The van der Waals surface area contributed by atoms with Gasteiger partial charge in [0.25, 0.3) is 5.91 Å². The van der Waals surface area contributed by atoms with E-state index in [2.05, 4.69) is 20.5 Å². The van der Waals surface area contributed by atoms with E-state index in [0.29, 0.717) is 21.6 Å². The van der Waals surface area contributed by atoms with Crippen molar-refractivity contribution in [2.24, 2.45) is 0 Å². The van der Waals surface area contributed by atoms with Crippen LogP contribution in [-0.2, 0) is 0 Å². The SMILES string of the molecule is Cc1cc(=O)c2cc(C(=O)Nc3nnc(C)s3)ccc2[nH]1. The maximum atomic E-state index is 12.2. The minimum absolute atomic E-state index is 0.109. The van der Waals surface area contributed by atoms with Crippen molar-refractivity contribution >= 4 is 33.3 Å². The highest BCUT2D eigenvalue weighted by Gasteiger charge is 2.11. The number of nitrogens with zero attached hydrogens (tertiary/aromatic N) is 2. The van der Waals surface area contributed by atoms with Gasteiger partial charge < -0.3 is 4.98 Å². The molecule has 106 valence electrons. The molecule has 3 aromatic rings. The van der Waals surface area contributed by atoms with Crippen LogP contribution < -0.4 is 10.7 Å². The number of hydrogen-bond donors (Lipinski definition) is 2. The molecule has 1 aromatic carbocycles. The molecule has 0 saturated heterocycles. The Bertz CT molecular complexity index is 897. The average Bonchev–Trinajstić information content (AvgIpc) is 2.83. The van der Waals surface area contributed by atoms with Crippen molar-refractivity contribution in [2.45, 2.75) is 13.8 Å². The van der Waals surface area contributed by atoms with Gasteiger partial charge in [0.1, 0.15) is 5.01 Å². The van der Waals surface area contributed by atoms with Crippen LogP contribution in [0, 0.1) is 13.8 Å². The number of aromatic nitrogens is 3. The van der Waals surface area contributed by atoms with E-state index in [1.165, 1.54) is 17.4 Å². The van der Waals surface area contributed by atoms with Crippen molar-refractivity contribution in [3.05, 3.63) is 50.8 Å². The lowest BCUT2D eigenvalue weighted by Gasteiger charge is -2.04. The summed E-state index contributed by atoms with van der Waals surface area (Å²) in [7, 11) is 0. The topological polar surface area (TPSA) is 87.7 Å². The first-order valence-corrected chi connectivity index (χ1v) is 7.10. The number of carbonyl (C=O) groups excluding carboxylic acids is 1. The average molecular weight is 300 g/mol. The summed E-state index contributed by atoms with van der Waals surface area (Å²) in [4.78, 5) is 27.2. The van der Waals surface area contributed by atoms with E-state index in [-0.39, 0.29) is 11.3 Å². The molecule has 2 heterocycles. The van der Waals surface area contributed by atoms with Gasteiger partial charge in [-0.05, 0) is 32.0 Å². The first kappa shape index (κ1) is 13.4. The van der Waals surface area contributed by atoms with Crippen molar-refractivity contribution in [2.75, 3.05) is 5.32 Å². The first-order valence-electron chi connectivity index (χ1n) is 6.28. The number of aryl methyl sites for hydroxylation is 2. The predicted octanol–water partition coefficient (Wildman–Crippen LogP) is 2.25. The van der Waals surface area contributed by atoms with E-state index in [1.54, 1.807) is 18.2 Å². The third-order valence-corrected chi connectivity index (χ3v) is 3.73. The summed E-state index contributed by atoms with van der Waals surface area (Å²) in [5.74, 6) is -0.312. The number of pyridine rings is 1. The van der Waals surface area contributed by atoms with Crippen LogP contribution >= 0.6 is 11.3 Å². The van der Waals surface area contributed by atoms with Gasteiger partial charge in [-0.1, -0.05) is 11.3 Å². The van der Waals surface area contributed by atoms with Crippen LogP contribution in [-0.4, -0.2) is 21.1 Å². The molecule has 0 saturated carbocycles. The van der Waals surface area contributed by atoms with Gasteiger partial charge in [-0.15, -0.1) is 10.2 Å². The van der Waals surface area contributed by atoms with E-state index in [0.717, 1.165) is 10.7 Å². The molecule has 0 atom stereocenters. The van der Waals surface area contributed by atoms with E-state index in [9.17, 15) is 9.59 Å². The number of H-pyrrole nitrogens is 1. The Balaban J connectivity index is 1.97. The quantitative estimate of drug-likeness (QED) is 0.760. The first-order chi connectivity index (χ1) is 10.0. The zero-order chi connectivity index (χ0) is 15.0. The number of rotatable bonds is 2. The lowest BCUT2D eigenvalue weighted by molar-refractivity contribution is 0.102. The molecule has 0 unspecified atom stereocenters. The highest BCUT2D eigenvalue weighted by molar-refractivity contribution is 7.15. The van der Waals surface area contributed by atoms with Gasteiger partial charge >= 0.3 is 0 Å². The van der Waals surface area contributed by atoms with Crippen molar-refractivity contribution in [1.82, 2.24) is 15.2 Å². The number of hydrogen-bond acceptors (Lipinski definition) is 5. The largest absolute Gasteiger partial charge is 0.358 e. The predicted molar refractivity (Wildman–Crippen MR) is 81.9 cm³/mol. The zero-order valence-electron chi connectivity index (χ0n) is 11.4. The number of nitrogens with one attached hydrogen (secondary N) is 2. The van der Waals surface area contributed by atoms with Gasteiger partial charge in [0.15, 0.2) is 5.43 Å². The summed E-state index contributed by atoms with van der Waals surface area (Å²) in [6.45, 7) is 3.63. The van der Waals surface area contributed by atoms with Gasteiger partial charge in [-0.25, -0.2) is 0 Å². The number of aromatic amines is 1. The summed E-state index contributed by atoms with van der Waals surface area (Å²) < 4.78 is 0. The van der Waals surface area contributed by atoms with Crippen LogP contribution in [0.5, 0.6) is 0 Å². The number of benzene rings is 1. The lowest BCUT2D eigenvalue weighted by Crippen LogP contribution is -2.13. The van der Waals surface area contributed by atoms with E-state index in [4.69, 9.17) is 0 Å². The molecular formula is C14H12N4O2S. The highest BCUT2D eigenvalue weighted by Crippen LogP contribution is 2.16. The summed E-state index contributed by atoms with van der Waals surface area (Å²) >= 11 is 1.30. The molecule has 0 aliphatic rings. The van der Waals surface area contributed by atoms with Crippen LogP contribution in [0.3, 0.4) is 0 Å². The molecule has 7 heteroatoms. The monoisotopic (exact) mass is 300 g/mol. The molecule has 0 aliphatic carbocycles. The Morgan fingerprint density at radius 2 is 2.05 bits per heavy atom. The molecule has 0 bridgehead atoms. The fourth-order valence-corrected chi connectivity index (χ4v) is 2.62. The number of amides is 1. The number of anilines is 1. The Hall–Kier alpha value is -2.54. The van der Waals surface area contributed by atoms with Crippen molar-refractivity contribution in [3.63, 3.8) is 0 Å². The van der Waals surface area contributed by atoms with E-state index in [1.807, 2.05) is 13.8 Å². The summed E-state index contributed by atoms with van der Waals surface area (Å²) in [6, 6.07) is 6.49. The summed E-state index contributed by atoms with van der Waals surface area (Å²) in [6.07, 6.45) is 0. The molecule has 0 spiro atoms. The second kappa shape index (κ2) is 5.10. The Morgan fingerprint density at radius 1 is 1.24 bits per heavy atom. The molecule has 1 amide bonds. The fraction of sp³-hybridized carbons (Fsp3) is 0.143. The molecule has 0 aliphatic heterocycles. The smallest absolute Gasteiger partial charge is 0.257 e. The van der Waals surface area contributed by atoms with Gasteiger partial charge in [-0.2, -0.15) is 0 Å². The maximum Gasteiger partial charge on any atom is 0.257 e. The fourth-order valence-electron chi connectivity index (χ4n) is 2.04. The van der Waals surface area contributed by atoms with Crippen molar-refractivity contribution < 1.29 is 4.79 Å². The second-order valence-electron chi connectivity index (χ2n) is 4.66. The van der Waals surface area contributed by atoms with Crippen LogP contribution in [0.25, 0.3) is 10.9 Å². The molecular weight excluding hydrogens is 288 g/mol. The maximum absolute atomic E-state index is 12.2. The van der Waals surface area contributed by atoms with Gasteiger partial charge in [-0.3, -0.25) is 14.9 Å². The van der Waals surface area contributed by atoms with Crippen LogP contribution in [0.4, 0.5) is 5.13 Å².